The Morgan fingerprint density at radius 1 is 1.25 bits per heavy atom. The fourth-order valence-electron chi connectivity index (χ4n) is 1.93. The first-order valence-electron chi connectivity index (χ1n) is 7.94. The highest BCUT2D eigenvalue weighted by molar-refractivity contribution is 8.16. The second kappa shape index (κ2) is 11.4. The molecule has 0 radical (unpaired) electrons. The minimum atomic E-state index is -0.715. The average Bonchev–Trinajstić information content (AvgIpc) is 3.04. The normalized spacial score (nSPS) is 10.9. The van der Waals surface area contributed by atoms with Gasteiger partial charge in [-0.05, 0) is 17.9 Å². The summed E-state index contributed by atoms with van der Waals surface area (Å²) < 4.78 is 4.78. The van der Waals surface area contributed by atoms with Gasteiger partial charge in [0.1, 0.15) is 4.92 Å². The minimum Gasteiger partial charge on any atom is -0.397 e. The molecule has 24 heavy (non-hydrogen) atoms. The van der Waals surface area contributed by atoms with E-state index in [-0.39, 0.29) is 11.7 Å². The summed E-state index contributed by atoms with van der Waals surface area (Å²) in [5, 5.41) is 14.1. The van der Waals surface area contributed by atoms with Gasteiger partial charge in [-0.2, -0.15) is 0 Å². The van der Waals surface area contributed by atoms with Gasteiger partial charge in [-0.15, -0.1) is 0 Å². The van der Waals surface area contributed by atoms with Crippen LogP contribution in [0.15, 0.2) is 28.0 Å². The zero-order valence-electron chi connectivity index (χ0n) is 13.7. The standard InChI is InChI=1S/C16H22N2O5S/c1-2-3-4-5-6-7-11-17-14(19)10-12-24-16(20)13-8-9-15(23-13)18(21)22/h8-10,12H,2-7,11H2,1H3,(H,17,19)/b12-10-. The number of nitro groups is 1. The Bertz CT molecular complexity index is 583. The number of unbranched alkanes of at least 4 members (excludes halogenated alkanes) is 5. The minimum absolute atomic E-state index is 0.121. The first-order chi connectivity index (χ1) is 11.5. The van der Waals surface area contributed by atoms with Gasteiger partial charge in [0.2, 0.25) is 5.91 Å². The molecule has 7 nitrogen and oxygen atoms in total. The third-order valence-corrected chi connectivity index (χ3v) is 3.88. The lowest BCUT2D eigenvalue weighted by Crippen LogP contribution is -2.21. The molecule has 0 aliphatic carbocycles. The van der Waals surface area contributed by atoms with Crippen LogP contribution in [0.1, 0.15) is 56.0 Å². The van der Waals surface area contributed by atoms with Crippen LogP contribution >= 0.6 is 11.8 Å². The maximum absolute atomic E-state index is 11.7. The summed E-state index contributed by atoms with van der Waals surface area (Å²) in [6.07, 6.45) is 8.16. The molecule has 0 saturated carbocycles. The summed E-state index contributed by atoms with van der Waals surface area (Å²) in [7, 11) is 0. The number of nitrogens with one attached hydrogen (secondary N) is 1. The van der Waals surface area contributed by atoms with Crippen molar-refractivity contribution < 1.29 is 18.9 Å². The van der Waals surface area contributed by atoms with Gasteiger partial charge in [0, 0.05) is 12.6 Å². The topological polar surface area (TPSA) is 102 Å². The molecule has 1 rings (SSSR count). The van der Waals surface area contributed by atoms with E-state index in [0.717, 1.165) is 30.7 Å². The smallest absolute Gasteiger partial charge is 0.397 e. The number of furan rings is 1. The Balaban J connectivity index is 2.19. The number of amides is 1. The predicted octanol–water partition coefficient (Wildman–Crippen LogP) is 4.05. The van der Waals surface area contributed by atoms with Gasteiger partial charge in [0.05, 0.1) is 6.07 Å². The molecule has 1 amide bonds. The predicted molar refractivity (Wildman–Crippen MR) is 92.8 cm³/mol. The summed E-state index contributed by atoms with van der Waals surface area (Å²) in [6, 6.07) is 2.35. The van der Waals surface area contributed by atoms with Crippen LogP contribution < -0.4 is 5.32 Å². The van der Waals surface area contributed by atoms with E-state index in [9.17, 15) is 19.7 Å². The van der Waals surface area contributed by atoms with E-state index >= 15 is 0 Å². The highest BCUT2D eigenvalue weighted by Gasteiger charge is 2.16. The van der Waals surface area contributed by atoms with Crippen LogP contribution in [0.4, 0.5) is 5.88 Å². The van der Waals surface area contributed by atoms with E-state index in [4.69, 9.17) is 4.42 Å². The number of carbonyl (C=O) groups excluding carboxylic acids is 2. The van der Waals surface area contributed by atoms with Crippen molar-refractivity contribution in [3.8, 4) is 0 Å². The van der Waals surface area contributed by atoms with Gasteiger partial charge < -0.3 is 9.73 Å². The highest BCUT2D eigenvalue weighted by Crippen LogP contribution is 2.20. The molecule has 1 aromatic rings. The molecular weight excluding hydrogens is 332 g/mol. The van der Waals surface area contributed by atoms with Crippen molar-refractivity contribution in [2.24, 2.45) is 0 Å². The molecule has 0 aliphatic heterocycles. The molecule has 0 atom stereocenters. The van der Waals surface area contributed by atoms with Crippen LogP contribution in [0.25, 0.3) is 0 Å². The van der Waals surface area contributed by atoms with E-state index in [1.165, 1.54) is 43.2 Å². The first-order valence-corrected chi connectivity index (χ1v) is 8.82. The average molecular weight is 354 g/mol. The van der Waals surface area contributed by atoms with E-state index in [2.05, 4.69) is 12.2 Å². The van der Waals surface area contributed by atoms with E-state index < -0.39 is 15.9 Å². The number of carbonyl (C=O) groups is 2. The SMILES string of the molecule is CCCCCCCCNC(=O)/C=C\SC(=O)c1ccc([N+](=O)[O-])o1. The van der Waals surface area contributed by atoms with Crippen LogP contribution in [0, 0.1) is 10.1 Å². The van der Waals surface area contributed by atoms with Crippen LogP contribution in [0.5, 0.6) is 0 Å². The summed E-state index contributed by atoms with van der Waals surface area (Å²) >= 11 is 0.739. The van der Waals surface area contributed by atoms with Crippen molar-refractivity contribution in [2.75, 3.05) is 6.54 Å². The molecule has 0 aliphatic rings. The molecule has 1 N–H and O–H groups in total. The molecule has 8 heteroatoms. The van der Waals surface area contributed by atoms with Crippen molar-refractivity contribution in [1.29, 1.82) is 0 Å². The Morgan fingerprint density at radius 3 is 2.62 bits per heavy atom. The number of hydrogen-bond donors (Lipinski definition) is 1. The monoisotopic (exact) mass is 354 g/mol. The van der Waals surface area contributed by atoms with Crippen molar-refractivity contribution in [3.63, 3.8) is 0 Å². The number of nitrogens with zero attached hydrogens (tertiary/aromatic N) is 1. The molecule has 1 aromatic heterocycles. The second-order valence-electron chi connectivity index (χ2n) is 5.16. The molecule has 132 valence electrons. The van der Waals surface area contributed by atoms with Crippen molar-refractivity contribution >= 4 is 28.7 Å². The number of thioether (sulfide) groups is 1. The fourth-order valence-corrected chi connectivity index (χ4v) is 2.47. The van der Waals surface area contributed by atoms with Crippen molar-refractivity contribution in [1.82, 2.24) is 5.32 Å². The Hall–Kier alpha value is -2.09. The van der Waals surface area contributed by atoms with E-state index in [1.54, 1.807) is 0 Å². The largest absolute Gasteiger partial charge is 0.433 e. The molecule has 0 saturated heterocycles. The summed E-state index contributed by atoms with van der Waals surface area (Å²) in [4.78, 5) is 33.0. The number of rotatable bonds is 11. The summed E-state index contributed by atoms with van der Waals surface area (Å²) in [6.45, 7) is 2.78. The van der Waals surface area contributed by atoms with Gasteiger partial charge in [0.15, 0.2) is 5.76 Å². The Labute approximate surface area is 145 Å². The van der Waals surface area contributed by atoms with Gasteiger partial charge in [0.25, 0.3) is 5.12 Å². The molecule has 0 fully saturated rings. The molecule has 0 aromatic carbocycles. The van der Waals surface area contributed by atoms with Crippen LogP contribution in [0.3, 0.4) is 0 Å². The quantitative estimate of drug-likeness (QED) is 0.278. The van der Waals surface area contributed by atoms with Gasteiger partial charge in [-0.25, -0.2) is 0 Å². The third kappa shape index (κ3) is 7.96. The van der Waals surface area contributed by atoms with Crippen molar-refractivity contribution in [2.45, 2.75) is 45.4 Å². The highest BCUT2D eigenvalue weighted by atomic mass is 32.2. The van der Waals surface area contributed by atoms with Crippen LogP contribution in [0.2, 0.25) is 0 Å². The Morgan fingerprint density at radius 2 is 1.96 bits per heavy atom. The summed E-state index contributed by atoms with van der Waals surface area (Å²) in [5.41, 5.74) is 0. The van der Waals surface area contributed by atoms with Crippen LogP contribution in [-0.4, -0.2) is 22.5 Å². The third-order valence-electron chi connectivity index (χ3n) is 3.20. The van der Waals surface area contributed by atoms with Crippen LogP contribution in [-0.2, 0) is 4.79 Å². The molecule has 1 heterocycles. The molecule has 0 spiro atoms. The lowest BCUT2D eigenvalue weighted by molar-refractivity contribution is -0.402. The summed E-state index contributed by atoms with van der Waals surface area (Å²) in [5.74, 6) is -0.877. The first kappa shape index (κ1) is 20.0. The molecule has 0 unspecified atom stereocenters. The van der Waals surface area contributed by atoms with Gasteiger partial charge >= 0.3 is 5.88 Å². The maximum Gasteiger partial charge on any atom is 0.433 e. The zero-order valence-corrected chi connectivity index (χ0v) is 14.5. The maximum atomic E-state index is 11.7. The zero-order chi connectivity index (χ0) is 17.8. The molecular formula is C16H22N2O5S. The van der Waals surface area contributed by atoms with Gasteiger partial charge in [-0.3, -0.25) is 19.7 Å². The lowest BCUT2D eigenvalue weighted by atomic mass is 10.1. The van der Waals surface area contributed by atoms with E-state index in [0.29, 0.717) is 6.54 Å². The van der Waals surface area contributed by atoms with Crippen molar-refractivity contribution in [3.05, 3.63) is 39.5 Å². The van der Waals surface area contributed by atoms with E-state index in [1.807, 2.05) is 0 Å². The Kier molecular flexibility index (Phi) is 9.52. The number of hydrogen-bond acceptors (Lipinski definition) is 6. The second-order valence-corrected chi connectivity index (χ2v) is 6.04. The lowest BCUT2D eigenvalue weighted by Gasteiger charge is -2.02. The molecule has 0 bridgehead atoms. The fraction of sp³-hybridized carbons (Fsp3) is 0.500. The van der Waals surface area contributed by atoms with Gasteiger partial charge in [-0.1, -0.05) is 50.8 Å².